The summed E-state index contributed by atoms with van der Waals surface area (Å²) in [7, 11) is 0. The summed E-state index contributed by atoms with van der Waals surface area (Å²) in [6.07, 6.45) is 1.37. The van der Waals surface area contributed by atoms with Gasteiger partial charge < -0.3 is 20.4 Å². The molecule has 0 bridgehead atoms. The van der Waals surface area contributed by atoms with Crippen LogP contribution in [0.1, 0.15) is 23.0 Å². The number of hydrogen-bond donors (Lipinski definition) is 3. The van der Waals surface area contributed by atoms with Gasteiger partial charge in [0.05, 0.1) is 12.8 Å². The van der Waals surface area contributed by atoms with Crippen molar-refractivity contribution in [3.8, 4) is 0 Å². The lowest BCUT2D eigenvalue weighted by Crippen LogP contribution is -2.46. The summed E-state index contributed by atoms with van der Waals surface area (Å²) < 4.78 is 5.86. The Bertz CT molecular complexity index is 774. The Kier molecular flexibility index (Phi) is 6.35. The van der Waals surface area contributed by atoms with Gasteiger partial charge in [-0.2, -0.15) is 0 Å². The van der Waals surface area contributed by atoms with Gasteiger partial charge in [-0.15, -0.1) is 0 Å². The number of hydrogen-bond acceptors (Lipinski definition) is 4. The van der Waals surface area contributed by atoms with Gasteiger partial charge in [0.25, 0.3) is 5.91 Å². The van der Waals surface area contributed by atoms with E-state index in [1.165, 1.54) is 19.3 Å². The zero-order chi connectivity index (χ0) is 18.4. The van der Waals surface area contributed by atoms with Crippen molar-refractivity contribution in [1.82, 2.24) is 10.6 Å². The van der Waals surface area contributed by atoms with Gasteiger partial charge in [0.2, 0.25) is 11.8 Å². The summed E-state index contributed by atoms with van der Waals surface area (Å²) in [6.45, 7) is 3.19. The molecule has 25 heavy (non-hydrogen) atoms. The maximum atomic E-state index is 12.0. The van der Waals surface area contributed by atoms with E-state index < -0.39 is 17.9 Å². The average Bonchev–Trinajstić information content (AvgIpc) is 3.09. The van der Waals surface area contributed by atoms with Gasteiger partial charge in [0, 0.05) is 10.2 Å². The molecular weight excluding hydrogens is 390 g/mol. The Balaban J connectivity index is 1.80. The molecule has 2 rings (SSSR count). The van der Waals surface area contributed by atoms with Crippen LogP contribution in [0, 0.1) is 6.92 Å². The summed E-state index contributed by atoms with van der Waals surface area (Å²) >= 11 is 3.35. The molecule has 1 aromatic carbocycles. The normalized spacial score (nSPS) is 11.5. The third kappa shape index (κ3) is 5.46. The molecule has 0 radical (unpaired) electrons. The van der Waals surface area contributed by atoms with Crippen LogP contribution in [0.25, 0.3) is 0 Å². The number of carbonyl (C=O) groups is 3. The van der Waals surface area contributed by atoms with Crippen LogP contribution in [-0.2, 0) is 9.59 Å². The fourth-order valence-corrected chi connectivity index (χ4v) is 2.50. The molecular formula is C17H18BrN3O4. The predicted molar refractivity (Wildman–Crippen MR) is 96.2 cm³/mol. The lowest BCUT2D eigenvalue weighted by atomic mass is 10.2. The van der Waals surface area contributed by atoms with E-state index in [4.69, 9.17) is 4.42 Å². The van der Waals surface area contributed by atoms with Gasteiger partial charge in [-0.05, 0) is 49.7 Å². The van der Waals surface area contributed by atoms with Crippen LogP contribution in [0.3, 0.4) is 0 Å². The highest BCUT2D eigenvalue weighted by Gasteiger charge is 2.18. The van der Waals surface area contributed by atoms with Crippen molar-refractivity contribution < 1.29 is 18.8 Å². The second-order valence-electron chi connectivity index (χ2n) is 5.40. The highest BCUT2D eigenvalue weighted by Crippen LogP contribution is 2.19. The van der Waals surface area contributed by atoms with Crippen molar-refractivity contribution in [3.63, 3.8) is 0 Å². The van der Waals surface area contributed by atoms with Gasteiger partial charge in [0.1, 0.15) is 6.04 Å². The molecule has 1 heterocycles. The lowest BCUT2D eigenvalue weighted by Gasteiger charge is -2.14. The maximum absolute atomic E-state index is 12.0. The number of furan rings is 1. The van der Waals surface area contributed by atoms with Crippen molar-refractivity contribution in [1.29, 1.82) is 0 Å². The molecule has 0 saturated heterocycles. The Morgan fingerprint density at radius 1 is 1.24 bits per heavy atom. The highest BCUT2D eigenvalue weighted by molar-refractivity contribution is 9.10. The summed E-state index contributed by atoms with van der Waals surface area (Å²) in [6, 6.07) is 7.72. The van der Waals surface area contributed by atoms with Crippen LogP contribution in [0.5, 0.6) is 0 Å². The van der Waals surface area contributed by atoms with Crippen molar-refractivity contribution in [2.24, 2.45) is 0 Å². The van der Waals surface area contributed by atoms with Crippen LogP contribution in [0.15, 0.2) is 45.5 Å². The first-order valence-corrected chi connectivity index (χ1v) is 8.34. The molecule has 7 nitrogen and oxygen atoms in total. The Morgan fingerprint density at radius 2 is 2.00 bits per heavy atom. The minimum absolute atomic E-state index is 0.114. The summed E-state index contributed by atoms with van der Waals surface area (Å²) in [4.78, 5) is 35.7. The van der Waals surface area contributed by atoms with E-state index >= 15 is 0 Å². The van der Waals surface area contributed by atoms with Crippen molar-refractivity contribution >= 4 is 39.3 Å². The molecule has 0 aliphatic carbocycles. The van der Waals surface area contributed by atoms with Crippen LogP contribution in [-0.4, -0.2) is 30.3 Å². The van der Waals surface area contributed by atoms with E-state index in [0.29, 0.717) is 5.69 Å². The van der Waals surface area contributed by atoms with Crippen LogP contribution < -0.4 is 16.0 Å². The molecule has 3 amide bonds. The third-order valence-electron chi connectivity index (χ3n) is 3.37. The van der Waals surface area contributed by atoms with Gasteiger partial charge >= 0.3 is 0 Å². The monoisotopic (exact) mass is 407 g/mol. The first-order valence-electron chi connectivity index (χ1n) is 7.55. The standard InChI is InChI=1S/C17H18BrN3O4/c1-10-8-12(18)5-6-13(10)21-15(22)9-19-16(23)11(2)20-17(24)14-4-3-7-25-14/h3-8,11H,9H2,1-2H3,(H,19,23)(H,20,24)(H,21,22)/t11-/m0/s1. The molecule has 8 heteroatoms. The zero-order valence-corrected chi connectivity index (χ0v) is 15.3. The average molecular weight is 408 g/mol. The largest absolute Gasteiger partial charge is 0.459 e. The van der Waals surface area contributed by atoms with Crippen LogP contribution in [0.2, 0.25) is 0 Å². The fraction of sp³-hybridized carbons (Fsp3) is 0.235. The molecule has 2 aromatic rings. The smallest absolute Gasteiger partial charge is 0.287 e. The first-order chi connectivity index (χ1) is 11.9. The summed E-state index contributed by atoms with van der Waals surface area (Å²) in [5.74, 6) is -1.21. The number of anilines is 1. The first kappa shape index (κ1) is 18.7. The van der Waals surface area contributed by atoms with E-state index in [1.54, 1.807) is 12.1 Å². The van der Waals surface area contributed by atoms with Gasteiger partial charge in [-0.25, -0.2) is 0 Å². The lowest BCUT2D eigenvalue weighted by molar-refractivity contribution is -0.125. The summed E-state index contributed by atoms with van der Waals surface area (Å²) in [5, 5.41) is 7.69. The topological polar surface area (TPSA) is 100 Å². The van der Waals surface area contributed by atoms with E-state index in [9.17, 15) is 14.4 Å². The number of halogens is 1. The van der Waals surface area contributed by atoms with Crippen LogP contribution in [0.4, 0.5) is 5.69 Å². The molecule has 1 atom stereocenters. The van der Waals surface area contributed by atoms with Crippen molar-refractivity contribution in [2.75, 3.05) is 11.9 Å². The molecule has 0 saturated carbocycles. The molecule has 1 aromatic heterocycles. The second kappa shape index (κ2) is 8.48. The molecule has 0 aliphatic heterocycles. The third-order valence-corrected chi connectivity index (χ3v) is 3.86. The van der Waals surface area contributed by atoms with Crippen LogP contribution >= 0.6 is 15.9 Å². The zero-order valence-electron chi connectivity index (χ0n) is 13.8. The quantitative estimate of drug-likeness (QED) is 0.683. The van der Waals surface area contributed by atoms with Gasteiger partial charge in [0.15, 0.2) is 5.76 Å². The SMILES string of the molecule is Cc1cc(Br)ccc1NC(=O)CNC(=O)[C@H](C)NC(=O)c1ccco1. The second-order valence-corrected chi connectivity index (χ2v) is 6.31. The molecule has 3 N–H and O–H groups in total. The molecule has 0 spiro atoms. The minimum Gasteiger partial charge on any atom is -0.459 e. The molecule has 132 valence electrons. The van der Waals surface area contributed by atoms with E-state index in [1.807, 2.05) is 19.1 Å². The number of amides is 3. The van der Waals surface area contributed by atoms with Crippen molar-refractivity contribution in [2.45, 2.75) is 19.9 Å². The van der Waals surface area contributed by atoms with E-state index in [2.05, 4.69) is 31.9 Å². The minimum atomic E-state index is -0.806. The fourth-order valence-electron chi connectivity index (χ4n) is 2.02. The molecule has 0 fully saturated rings. The van der Waals surface area contributed by atoms with Gasteiger partial charge in [-0.1, -0.05) is 15.9 Å². The Morgan fingerprint density at radius 3 is 2.64 bits per heavy atom. The van der Waals surface area contributed by atoms with E-state index in [-0.39, 0.29) is 18.2 Å². The van der Waals surface area contributed by atoms with Gasteiger partial charge in [-0.3, -0.25) is 14.4 Å². The highest BCUT2D eigenvalue weighted by atomic mass is 79.9. The number of rotatable bonds is 6. The number of nitrogens with one attached hydrogen (secondary N) is 3. The van der Waals surface area contributed by atoms with E-state index in [0.717, 1.165) is 10.0 Å². The molecule has 0 aliphatic rings. The molecule has 0 unspecified atom stereocenters. The number of carbonyl (C=O) groups excluding carboxylic acids is 3. The number of benzene rings is 1. The predicted octanol–water partition coefficient (Wildman–Crippen LogP) is 2.22. The van der Waals surface area contributed by atoms with Crippen molar-refractivity contribution in [3.05, 3.63) is 52.4 Å². The maximum Gasteiger partial charge on any atom is 0.287 e. The summed E-state index contributed by atoms with van der Waals surface area (Å²) in [5.41, 5.74) is 1.56. The number of aryl methyl sites for hydroxylation is 1. The Labute approximate surface area is 153 Å². The Hall–Kier alpha value is -2.61.